The lowest BCUT2D eigenvalue weighted by atomic mass is 10.2. The van der Waals surface area contributed by atoms with Gasteiger partial charge in [-0.25, -0.2) is 18.6 Å². The van der Waals surface area contributed by atoms with Gasteiger partial charge in [-0.15, -0.1) is 11.3 Å². The molecule has 138 valence electrons. The summed E-state index contributed by atoms with van der Waals surface area (Å²) < 4.78 is 31.2. The number of aromatic nitrogens is 1. The molecule has 0 unspecified atom stereocenters. The van der Waals surface area contributed by atoms with Crippen molar-refractivity contribution in [2.45, 2.75) is 0 Å². The van der Waals surface area contributed by atoms with E-state index in [1.54, 1.807) is 24.3 Å². The molecule has 1 heterocycles. The number of hydrogen-bond donors (Lipinski definition) is 1. The van der Waals surface area contributed by atoms with Gasteiger partial charge in [0.05, 0.1) is 5.69 Å². The van der Waals surface area contributed by atoms with Crippen molar-refractivity contribution in [3.63, 3.8) is 0 Å². The second-order valence-electron chi connectivity index (χ2n) is 5.30. The molecule has 0 fully saturated rings. The number of rotatable bonds is 5. The van der Waals surface area contributed by atoms with Gasteiger partial charge in [0.15, 0.2) is 12.3 Å². The normalized spacial score (nSPS) is 10.5. The van der Waals surface area contributed by atoms with E-state index in [-0.39, 0.29) is 11.4 Å². The maximum Gasteiger partial charge on any atom is 0.358 e. The van der Waals surface area contributed by atoms with Crippen LogP contribution in [0.4, 0.5) is 14.5 Å². The van der Waals surface area contributed by atoms with E-state index in [4.69, 9.17) is 16.3 Å². The molecule has 27 heavy (non-hydrogen) atoms. The third kappa shape index (κ3) is 4.87. The van der Waals surface area contributed by atoms with Crippen LogP contribution in [0, 0.1) is 11.6 Å². The molecule has 0 aliphatic rings. The van der Waals surface area contributed by atoms with Gasteiger partial charge in [-0.2, -0.15) is 0 Å². The van der Waals surface area contributed by atoms with Crippen molar-refractivity contribution in [2.75, 3.05) is 11.9 Å². The molecule has 0 spiro atoms. The van der Waals surface area contributed by atoms with Gasteiger partial charge in [0.25, 0.3) is 5.91 Å². The number of thiazole rings is 1. The lowest BCUT2D eigenvalue weighted by molar-refractivity contribution is -0.119. The van der Waals surface area contributed by atoms with E-state index in [1.807, 2.05) is 0 Å². The average molecular weight is 409 g/mol. The van der Waals surface area contributed by atoms with Crippen LogP contribution in [0.25, 0.3) is 10.6 Å². The molecule has 0 aliphatic heterocycles. The molecule has 3 rings (SSSR count). The Bertz CT molecular complexity index is 1010. The van der Waals surface area contributed by atoms with Crippen molar-refractivity contribution in [3.8, 4) is 10.6 Å². The first-order valence-electron chi connectivity index (χ1n) is 7.56. The van der Waals surface area contributed by atoms with Gasteiger partial charge >= 0.3 is 5.97 Å². The van der Waals surface area contributed by atoms with Gasteiger partial charge in [0.1, 0.15) is 16.6 Å². The standard InChI is InChI=1S/C18H11ClF2N2O3S/c19-11-3-1-2-10(6-11)17-23-15(9-27-17)18(25)26-8-16(24)22-14-5-4-12(20)7-13(14)21/h1-7,9H,8H2,(H,22,24). The number of ether oxygens (including phenoxy) is 1. The monoisotopic (exact) mass is 408 g/mol. The molecule has 9 heteroatoms. The summed E-state index contributed by atoms with van der Waals surface area (Å²) in [6, 6.07) is 9.69. The van der Waals surface area contributed by atoms with Crippen LogP contribution in [0.2, 0.25) is 5.02 Å². The fraction of sp³-hybridized carbons (Fsp3) is 0.0556. The largest absolute Gasteiger partial charge is 0.451 e. The van der Waals surface area contributed by atoms with E-state index in [9.17, 15) is 18.4 Å². The van der Waals surface area contributed by atoms with Gasteiger partial charge in [0, 0.05) is 22.0 Å². The van der Waals surface area contributed by atoms with Crippen molar-refractivity contribution in [1.29, 1.82) is 0 Å². The van der Waals surface area contributed by atoms with E-state index in [2.05, 4.69) is 10.3 Å². The fourth-order valence-corrected chi connectivity index (χ4v) is 3.08. The lowest BCUT2D eigenvalue weighted by Gasteiger charge is -2.06. The third-order valence-electron chi connectivity index (χ3n) is 3.32. The van der Waals surface area contributed by atoms with Crippen molar-refractivity contribution in [3.05, 3.63) is 70.2 Å². The number of nitrogens with one attached hydrogen (secondary N) is 1. The molecular weight excluding hydrogens is 398 g/mol. The second kappa shape index (κ2) is 8.24. The first kappa shape index (κ1) is 18.9. The molecule has 1 amide bonds. The summed E-state index contributed by atoms with van der Waals surface area (Å²) in [4.78, 5) is 27.9. The Hall–Kier alpha value is -2.84. The molecule has 1 aromatic heterocycles. The molecule has 0 atom stereocenters. The summed E-state index contributed by atoms with van der Waals surface area (Å²) in [5.41, 5.74) is 0.571. The predicted octanol–water partition coefficient (Wildman–Crippen LogP) is 4.54. The smallest absolute Gasteiger partial charge is 0.358 e. The highest BCUT2D eigenvalue weighted by atomic mass is 35.5. The number of carbonyl (C=O) groups is 2. The van der Waals surface area contributed by atoms with Gasteiger partial charge in [0.2, 0.25) is 0 Å². The van der Waals surface area contributed by atoms with Gasteiger partial charge in [-0.3, -0.25) is 4.79 Å². The topological polar surface area (TPSA) is 68.3 Å². The minimum absolute atomic E-state index is 0.0377. The minimum Gasteiger partial charge on any atom is -0.451 e. The highest BCUT2D eigenvalue weighted by molar-refractivity contribution is 7.13. The van der Waals surface area contributed by atoms with E-state index in [0.29, 0.717) is 16.1 Å². The summed E-state index contributed by atoms with van der Waals surface area (Å²) >= 11 is 7.15. The number of carbonyl (C=O) groups excluding carboxylic acids is 2. The van der Waals surface area contributed by atoms with Crippen molar-refractivity contribution < 1.29 is 23.1 Å². The molecule has 3 aromatic rings. The average Bonchev–Trinajstić information content (AvgIpc) is 3.12. The maximum absolute atomic E-state index is 13.5. The predicted molar refractivity (Wildman–Crippen MR) is 97.8 cm³/mol. The minimum atomic E-state index is -0.930. The Labute approximate surface area is 161 Å². The SMILES string of the molecule is O=C(COC(=O)c1csc(-c2cccc(Cl)c2)n1)Nc1ccc(F)cc1F. The van der Waals surface area contributed by atoms with Crippen LogP contribution in [-0.2, 0) is 9.53 Å². The van der Waals surface area contributed by atoms with Gasteiger partial charge in [-0.1, -0.05) is 23.7 Å². The maximum atomic E-state index is 13.5. The zero-order chi connectivity index (χ0) is 19.4. The van der Waals surface area contributed by atoms with Crippen LogP contribution < -0.4 is 5.32 Å². The van der Waals surface area contributed by atoms with Crippen molar-refractivity contribution >= 4 is 40.5 Å². The Balaban J connectivity index is 1.58. The summed E-state index contributed by atoms with van der Waals surface area (Å²) in [5, 5.41) is 4.80. The van der Waals surface area contributed by atoms with Crippen LogP contribution >= 0.6 is 22.9 Å². The number of benzene rings is 2. The second-order valence-corrected chi connectivity index (χ2v) is 6.59. The number of amides is 1. The Morgan fingerprint density at radius 1 is 1.19 bits per heavy atom. The van der Waals surface area contributed by atoms with Crippen molar-refractivity contribution in [2.24, 2.45) is 0 Å². The first-order valence-corrected chi connectivity index (χ1v) is 8.81. The Kier molecular flexibility index (Phi) is 5.78. The Morgan fingerprint density at radius 3 is 2.74 bits per heavy atom. The number of halogens is 3. The molecular formula is C18H11ClF2N2O3S. The van der Waals surface area contributed by atoms with Gasteiger partial charge < -0.3 is 10.1 Å². The highest BCUT2D eigenvalue weighted by Crippen LogP contribution is 2.26. The van der Waals surface area contributed by atoms with Crippen LogP contribution in [0.15, 0.2) is 47.8 Å². The molecule has 2 aromatic carbocycles. The Morgan fingerprint density at radius 2 is 2.00 bits per heavy atom. The fourth-order valence-electron chi connectivity index (χ4n) is 2.10. The van der Waals surface area contributed by atoms with Crippen LogP contribution in [0.3, 0.4) is 0 Å². The summed E-state index contributed by atoms with van der Waals surface area (Å²) in [7, 11) is 0. The van der Waals surface area contributed by atoms with Crippen LogP contribution in [-0.4, -0.2) is 23.5 Å². The van der Waals surface area contributed by atoms with E-state index >= 15 is 0 Å². The molecule has 0 radical (unpaired) electrons. The first-order chi connectivity index (χ1) is 12.9. The zero-order valence-corrected chi connectivity index (χ0v) is 15.1. The zero-order valence-electron chi connectivity index (χ0n) is 13.5. The molecule has 1 N–H and O–H groups in total. The summed E-state index contributed by atoms with van der Waals surface area (Å²) in [6.07, 6.45) is 0. The van der Waals surface area contributed by atoms with E-state index in [0.717, 1.165) is 17.7 Å². The molecule has 5 nitrogen and oxygen atoms in total. The summed E-state index contributed by atoms with van der Waals surface area (Å²) in [6.45, 7) is -0.639. The number of hydrogen-bond acceptors (Lipinski definition) is 5. The van der Waals surface area contributed by atoms with Gasteiger partial charge in [-0.05, 0) is 24.3 Å². The number of anilines is 1. The molecule has 0 bridgehead atoms. The highest BCUT2D eigenvalue weighted by Gasteiger charge is 2.16. The lowest BCUT2D eigenvalue weighted by Crippen LogP contribution is -2.21. The van der Waals surface area contributed by atoms with E-state index < -0.39 is 30.1 Å². The number of nitrogens with zero attached hydrogens (tertiary/aromatic N) is 1. The molecule has 0 saturated carbocycles. The molecule has 0 aliphatic carbocycles. The third-order valence-corrected chi connectivity index (χ3v) is 4.45. The van der Waals surface area contributed by atoms with Crippen molar-refractivity contribution in [1.82, 2.24) is 4.98 Å². The quantitative estimate of drug-likeness (QED) is 0.629. The van der Waals surface area contributed by atoms with Crippen LogP contribution in [0.1, 0.15) is 10.5 Å². The molecule has 0 saturated heterocycles. The van der Waals surface area contributed by atoms with E-state index in [1.165, 1.54) is 16.7 Å². The van der Waals surface area contributed by atoms with Crippen LogP contribution in [0.5, 0.6) is 0 Å². The number of esters is 1. The summed E-state index contributed by atoms with van der Waals surface area (Å²) in [5.74, 6) is -3.26.